The summed E-state index contributed by atoms with van der Waals surface area (Å²) in [6.07, 6.45) is 3.24. The van der Waals surface area contributed by atoms with E-state index in [1.54, 1.807) is 30.3 Å². The lowest BCUT2D eigenvalue weighted by atomic mass is 10.1. The van der Waals surface area contributed by atoms with Gasteiger partial charge in [0.1, 0.15) is 0 Å². The first kappa shape index (κ1) is 16.5. The minimum absolute atomic E-state index is 0.154. The summed E-state index contributed by atoms with van der Waals surface area (Å²) in [6, 6.07) is 14.7. The Bertz CT molecular complexity index is 736. The van der Waals surface area contributed by atoms with Crippen molar-refractivity contribution in [1.29, 1.82) is 0 Å². The molecule has 0 spiro atoms. The molecular formula is C19H20N2O2. The Labute approximate surface area is 136 Å². The predicted octanol–water partition coefficient (Wildman–Crippen LogP) is 3.40. The van der Waals surface area contributed by atoms with Crippen LogP contribution in [0.3, 0.4) is 0 Å². The molecule has 0 aliphatic rings. The van der Waals surface area contributed by atoms with Crippen LogP contribution in [-0.4, -0.2) is 18.4 Å². The van der Waals surface area contributed by atoms with E-state index in [1.807, 2.05) is 38.1 Å². The van der Waals surface area contributed by atoms with Crippen LogP contribution in [0.25, 0.3) is 6.08 Å². The molecule has 4 nitrogen and oxygen atoms in total. The van der Waals surface area contributed by atoms with Gasteiger partial charge in [-0.25, -0.2) is 0 Å². The molecular weight excluding hydrogens is 288 g/mol. The molecule has 0 aliphatic heterocycles. The van der Waals surface area contributed by atoms with Crippen LogP contribution in [0.4, 0.5) is 5.69 Å². The van der Waals surface area contributed by atoms with Gasteiger partial charge >= 0.3 is 0 Å². The van der Waals surface area contributed by atoms with Crippen molar-refractivity contribution in [1.82, 2.24) is 5.32 Å². The van der Waals surface area contributed by atoms with Crippen molar-refractivity contribution in [3.05, 3.63) is 71.3 Å². The van der Waals surface area contributed by atoms with Crippen molar-refractivity contribution in [2.24, 2.45) is 0 Å². The van der Waals surface area contributed by atoms with E-state index in [0.29, 0.717) is 17.8 Å². The molecule has 0 atom stereocenters. The number of carbonyl (C=O) groups excluding carboxylic acids is 2. The van der Waals surface area contributed by atoms with Crippen molar-refractivity contribution in [3.63, 3.8) is 0 Å². The Balaban J connectivity index is 2.03. The van der Waals surface area contributed by atoms with Gasteiger partial charge in [-0.3, -0.25) is 9.59 Å². The average Bonchev–Trinajstić information content (AvgIpc) is 2.53. The Morgan fingerprint density at radius 1 is 1.09 bits per heavy atom. The summed E-state index contributed by atoms with van der Waals surface area (Å²) < 4.78 is 0. The number of rotatable bonds is 5. The van der Waals surface area contributed by atoms with E-state index in [-0.39, 0.29) is 11.8 Å². The van der Waals surface area contributed by atoms with E-state index in [4.69, 9.17) is 0 Å². The highest BCUT2D eigenvalue weighted by molar-refractivity contribution is 6.03. The molecule has 2 aromatic rings. The van der Waals surface area contributed by atoms with Gasteiger partial charge in [0.25, 0.3) is 5.91 Å². The van der Waals surface area contributed by atoms with Gasteiger partial charge in [-0.2, -0.15) is 0 Å². The molecule has 0 aromatic heterocycles. The Morgan fingerprint density at radius 3 is 2.61 bits per heavy atom. The van der Waals surface area contributed by atoms with Gasteiger partial charge in [-0.15, -0.1) is 0 Å². The summed E-state index contributed by atoms with van der Waals surface area (Å²) in [4.78, 5) is 23.8. The maximum absolute atomic E-state index is 12.0. The van der Waals surface area contributed by atoms with Crippen molar-refractivity contribution in [3.8, 4) is 0 Å². The standard InChI is InChI=1S/C19H20N2O2/c1-3-20-19(23)16-8-5-9-17(13-16)21-18(22)11-10-15-7-4-6-14(2)12-15/h4-13H,3H2,1-2H3,(H,20,23)(H,21,22)/b11-10+. The van der Waals surface area contributed by atoms with Gasteiger partial charge in [0.15, 0.2) is 0 Å². The number of anilines is 1. The van der Waals surface area contributed by atoms with Gasteiger partial charge in [-0.05, 0) is 43.7 Å². The first-order chi connectivity index (χ1) is 11.1. The molecule has 0 aliphatic carbocycles. The number of benzene rings is 2. The normalized spacial score (nSPS) is 10.5. The fraction of sp³-hybridized carbons (Fsp3) is 0.158. The summed E-state index contributed by atoms with van der Waals surface area (Å²) >= 11 is 0. The quantitative estimate of drug-likeness (QED) is 0.832. The van der Waals surface area contributed by atoms with E-state index >= 15 is 0 Å². The fourth-order valence-electron chi connectivity index (χ4n) is 2.13. The molecule has 0 saturated carbocycles. The molecule has 0 fully saturated rings. The highest BCUT2D eigenvalue weighted by atomic mass is 16.2. The van der Waals surface area contributed by atoms with Gasteiger partial charge in [0.05, 0.1) is 0 Å². The molecule has 0 heterocycles. The number of carbonyl (C=O) groups is 2. The van der Waals surface area contributed by atoms with Crippen molar-refractivity contribution >= 4 is 23.6 Å². The minimum Gasteiger partial charge on any atom is -0.352 e. The summed E-state index contributed by atoms with van der Waals surface area (Å²) in [7, 11) is 0. The van der Waals surface area contributed by atoms with Crippen LogP contribution in [0, 0.1) is 6.92 Å². The second-order valence-electron chi connectivity index (χ2n) is 5.18. The SMILES string of the molecule is CCNC(=O)c1cccc(NC(=O)/C=C/c2cccc(C)c2)c1. The molecule has 2 rings (SSSR count). The van der Waals surface area contributed by atoms with Crippen molar-refractivity contribution in [2.45, 2.75) is 13.8 Å². The lowest BCUT2D eigenvalue weighted by Gasteiger charge is -2.06. The lowest BCUT2D eigenvalue weighted by Crippen LogP contribution is -2.22. The van der Waals surface area contributed by atoms with E-state index in [0.717, 1.165) is 11.1 Å². The highest BCUT2D eigenvalue weighted by Gasteiger charge is 2.05. The zero-order valence-electron chi connectivity index (χ0n) is 13.3. The first-order valence-corrected chi connectivity index (χ1v) is 7.52. The number of nitrogens with one attached hydrogen (secondary N) is 2. The van der Waals surface area contributed by atoms with E-state index in [2.05, 4.69) is 10.6 Å². The predicted molar refractivity (Wildman–Crippen MR) is 93.3 cm³/mol. The molecule has 2 N–H and O–H groups in total. The molecule has 0 radical (unpaired) electrons. The second kappa shape index (κ2) is 7.94. The molecule has 0 saturated heterocycles. The summed E-state index contributed by atoms with van der Waals surface area (Å²) in [5, 5.41) is 5.49. The van der Waals surface area contributed by atoms with E-state index in [1.165, 1.54) is 6.08 Å². The van der Waals surface area contributed by atoms with Gasteiger partial charge in [-0.1, -0.05) is 35.9 Å². The molecule has 2 aromatic carbocycles. The Hall–Kier alpha value is -2.88. The van der Waals surface area contributed by atoms with Crippen LogP contribution in [0.2, 0.25) is 0 Å². The zero-order chi connectivity index (χ0) is 16.7. The molecule has 0 unspecified atom stereocenters. The minimum atomic E-state index is -0.237. The monoisotopic (exact) mass is 308 g/mol. The summed E-state index contributed by atoms with van der Waals surface area (Å²) in [5.41, 5.74) is 3.22. The van der Waals surface area contributed by atoms with Gasteiger partial charge in [0, 0.05) is 23.9 Å². The smallest absolute Gasteiger partial charge is 0.251 e. The van der Waals surface area contributed by atoms with E-state index < -0.39 is 0 Å². The Morgan fingerprint density at radius 2 is 1.87 bits per heavy atom. The fourth-order valence-corrected chi connectivity index (χ4v) is 2.13. The third-order valence-electron chi connectivity index (χ3n) is 3.20. The topological polar surface area (TPSA) is 58.2 Å². The maximum atomic E-state index is 12.0. The molecule has 2 amide bonds. The molecule has 23 heavy (non-hydrogen) atoms. The van der Waals surface area contributed by atoms with Crippen LogP contribution in [0.5, 0.6) is 0 Å². The molecule has 0 bridgehead atoms. The average molecular weight is 308 g/mol. The molecule has 4 heteroatoms. The number of hydrogen-bond acceptors (Lipinski definition) is 2. The Kier molecular flexibility index (Phi) is 5.69. The second-order valence-corrected chi connectivity index (χ2v) is 5.18. The van der Waals surface area contributed by atoms with E-state index in [9.17, 15) is 9.59 Å². The van der Waals surface area contributed by atoms with Crippen LogP contribution >= 0.6 is 0 Å². The number of aryl methyl sites for hydroxylation is 1. The highest BCUT2D eigenvalue weighted by Crippen LogP contribution is 2.11. The summed E-state index contributed by atoms with van der Waals surface area (Å²) in [5.74, 6) is -0.390. The summed E-state index contributed by atoms with van der Waals surface area (Å²) in [6.45, 7) is 4.43. The van der Waals surface area contributed by atoms with Crippen molar-refractivity contribution < 1.29 is 9.59 Å². The van der Waals surface area contributed by atoms with Crippen LogP contribution in [-0.2, 0) is 4.79 Å². The largest absolute Gasteiger partial charge is 0.352 e. The lowest BCUT2D eigenvalue weighted by molar-refractivity contribution is -0.111. The first-order valence-electron chi connectivity index (χ1n) is 7.52. The zero-order valence-corrected chi connectivity index (χ0v) is 13.3. The van der Waals surface area contributed by atoms with Gasteiger partial charge in [0.2, 0.25) is 5.91 Å². The maximum Gasteiger partial charge on any atom is 0.251 e. The van der Waals surface area contributed by atoms with Gasteiger partial charge < -0.3 is 10.6 Å². The number of hydrogen-bond donors (Lipinski definition) is 2. The third kappa shape index (κ3) is 5.11. The third-order valence-corrected chi connectivity index (χ3v) is 3.20. The van der Waals surface area contributed by atoms with Crippen LogP contribution < -0.4 is 10.6 Å². The van der Waals surface area contributed by atoms with Crippen LogP contribution in [0.1, 0.15) is 28.4 Å². The molecule has 118 valence electrons. The van der Waals surface area contributed by atoms with Crippen molar-refractivity contribution in [2.75, 3.05) is 11.9 Å². The van der Waals surface area contributed by atoms with Crippen LogP contribution in [0.15, 0.2) is 54.6 Å². The number of amides is 2.